The van der Waals surface area contributed by atoms with Gasteiger partial charge in [-0.15, -0.1) is 11.3 Å². The van der Waals surface area contributed by atoms with Crippen LogP contribution in [0.15, 0.2) is 0 Å². The first-order valence-electron chi connectivity index (χ1n) is 5.62. The molecular formula is C11H17N3OS. The minimum absolute atomic E-state index is 0.0956. The van der Waals surface area contributed by atoms with Gasteiger partial charge in [0, 0.05) is 11.4 Å². The maximum absolute atomic E-state index is 11.9. The maximum Gasteiger partial charge on any atom is 0.230 e. The van der Waals surface area contributed by atoms with E-state index in [-0.39, 0.29) is 11.8 Å². The maximum atomic E-state index is 11.9. The van der Waals surface area contributed by atoms with Gasteiger partial charge in [-0.1, -0.05) is 0 Å². The van der Waals surface area contributed by atoms with E-state index in [9.17, 15) is 4.79 Å². The Morgan fingerprint density at radius 3 is 2.94 bits per heavy atom. The van der Waals surface area contributed by atoms with Crippen molar-refractivity contribution in [1.29, 1.82) is 0 Å². The molecule has 1 saturated heterocycles. The summed E-state index contributed by atoms with van der Waals surface area (Å²) in [5.74, 6) is 0.194. The smallest absolute Gasteiger partial charge is 0.230 e. The first-order chi connectivity index (χ1) is 7.66. The Kier molecular flexibility index (Phi) is 3.56. The van der Waals surface area contributed by atoms with Gasteiger partial charge in [-0.3, -0.25) is 4.79 Å². The third kappa shape index (κ3) is 2.59. The number of hydrogen-bond acceptors (Lipinski definition) is 4. The molecule has 0 bridgehead atoms. The molecule has 0 spiro atoms. The molecule has 1 aliphatic rings. The second-order valence-corrected chi connectivity index (χ2v) is 5.40. The van der Waals surface area contributed by atoms with Crippen molar-refractivity contribution >= 4 is 22.4 Å². The van der Waals surface area contributed by atoms with Crippen molar-refractivity contribution < 1.29 is 4.79 Å². The van der Waals surface area contributed by atoms with E-state index in [1.165, 1.54) is 0 Å². The molecule has 2 N–H and O–H groups in total. The SMILES string of the molecule is Cc1nc(NC(=O)[C@@H]2CCCNC2)sc1C. The third-order valence-corrected chi connectivity index (χ3v) is 3.91. The normalized spacial score (nSPS) is 20.8. The average molecular weight is 239 g/mol. The number of aromatic nitrogens is 1. The van der Waals surface area contributed by atoms with Crippen LogP contribution in [-0.4, -0.2) is 24.0 Å². The number of rotatable bonds is 2. The van der Waals surface area contributed by atoms with Gasteiger partial charge in [-0.05, 0) is 33.2 Å². The van der Waals surface area contributed by atoms with E-state index in [1.807, 2.05) is 13.8 Å². The fourth-order valence-electron chi connectivity index (χ4n) is 1.81. The Labute approximate surface area is 99.5 Å². The Morgan fingerprint density at radius 2 is 2.38 bits per heavy atom. The van der Waals surface area contributed by atoms with Crippen LogP contribution >= 0.6 is 11.3 Å². The van der Waals surface area contributed by atoms with Crippen LogP contribution in [0.3, 0.4) is 0 Å². The number of piperidine rings is 1. The number of nitrogens with one attached hydrogen (secondary N) is 2. The summed E-state index contributed by atoms with van der Waals surface area (Å²) in [7, 11) is 0. The fourth-order valence-corrected chi connectivity index (χ4v) is 2.63. The van der Waals surface area contributed by atoms with Crippen LogP contribution in [0.5, 0.6) is 0 Å². The summed E-state index contributed by atoms with van der Waals surface area (Å²) in [6, 6.07) is 0. The molecule has 1 aliphatic heterocycles. The first kappa shape index (κ1) is 11.5. The molecule has 1 aromatic rings. The molecule has 0 unspecified atom stereocenters. The molecule has 1 fully saturated rings. The second kappa shape index (κ2) is 4.93. The molecule has 1 atom stereocenters. The van der Waals surface area contributed by atoms with Crippen molar-refractivity contribution in [3.63, 3.8) is 0 Å². The highest BCUT2D eigenvalue weighted by Crippen LogP contribution is 2.22. The molecule has 1 aromatic heterocycles. The lowest BCUT2D eigenvalue weighted by atomic mass is 9.99. The highest BCUT2D eigenvalue weighted by atomic mass is 32.1. The number of carbonyl (C=O) groups excluding carboxylic acids is 1. The highest BCUT2D eigenvalue weighted by molar-refractivity contribution is 7.15. The summed E-state index contributed by atoms with van der Waals surface area (Å²) >= 11 is 1.54. The van der Waals surface area contributed by atoms with Crippen LogP contribution in [0.25, 0.3) is 0 Å². The van der Waals surface area contributed by atoms with Crippen LogP contribution in [0.1, 0.15) is 23.4 Å². The lowest BCUT2D eigenvalue weighted by molar-refractivity contribution is -0.120. The molecule has 2 rings (SSSR count). The van der Waals surface area contributed by atoms with Gasteiger partial charge >= 0.3 is 0 Å². The molecule has 0 aliphatic carbocycles. The quantitative estimate of drug-likeness (QED) is 0.826. The van der Waals surface area contributed by atoms with Crippen LogP contribution in [0.2, 0.25) is 0 Å². The van der Waals surface area contributed by atoms with Gasteiger partial charge in [-0.25, -0.2) is 4.98 Å². The number of aryl methyl sites for hydroxylation is 2. The predicted molar refractivity (Wildman–Crippen MR) is 65.8 cm³/mol. The number of amides is 1. The van der Waals surface area contributed by atoms with Crippen LogP contribution in [0, 0.1) is 19.8 Å². The summed E-state index contributed by atoms with van der Waals surface area (Å²) < 4.78 is 0. The molecule has 0 radical (unpaired) electrons. The second-order valence-electron chi connectivity index (χ2n) is 4.19. The Balaban J connectivity index is 1.95. The van der Waals surface area contributed by atoms with Crippen molar-refractivity contribution in [2.24, 2.45) is 5.92 Å². The zero-order valence-corrected chi connectivity index (χ0v) is 10.5. The van der Waals surface area contributed by atoms with E-state index < -0.39 is 0 Å². The van der Waals surface area contributed by atoms with E-state index in [4.69, 9.17) is 0 Å². The number of anilines is 1. The molecule has 0 saturated carbocycles. The summed E-state index contributed by atoms with van der Waals surface area (Å²) in [6.45, 7) is 5.79. The molecule has 0 aromatic carbocycles. The number of nitrogens with zero attached hydrogens (tertiary/aromatic N) is 1. The zero-order valence-electron chi connectivity index (χ0n) is 9.67. The zero-order chi connectivity index (χ0) is 11.5. The van der Waals surface area contributed by atoms with Crippen LogP contribution in [-0.2, 0) is 4.79 Å². The molecule has 16 heavy (non-hydrogen) atoms. The Hall–Kier alpha value is -0.940. The van der Waals surface area contributed by atoms with Crippen molar-refractivity contribution in [3.8, 4) is 0 Å². The molecule has 5 heteroatoms. The Morgan fingerprint density at radius 1 is 1.56 bits per heavy atom. The topological polar surface area (TPSA) is 54.0 Å². The fraction of sp³-hybridized carbons (Fsp3) is 0.636. The summed E-state index contributed by atoms with van der Waals surface area (Å²) in [4.78, 5) is 17.4. The predicted octanol–water partition coefficient (Wildman–Crippen LogP) is 1.70. The van der Waals surface area contributed by atoms with Crippen LogP contribution in [0.4, 0.5) is 5.13 Å². The molecule has 2 heterocycles. The summed E-state index contributed by atoms with van der Waals surface area (Å²) in [5, 5.41) is 6.87. The van der Waals surface area contributed by atoms with E-state index in [0.717, 1.165) is 41.6 Å². The van der Waals surface area contributed by atoms with Crippen molar-refractivity contribution in [2.75, 3.05) is 18.4 Å². The first-order valence-corrected chi connectivity index (χ1v) is 6.44. The van der Waals surface area contributed by atoms with Gasteiger partial charge in [0.05, 0.1) is 11.6 Å². The molecular weight excluding hydrogens is 222 g/mol. The largest absolute Gasteiger partial charge is 0.316 e. The van der Waals surface area contributed by atoms with Crippen molar-refractivity contribution in [2.45, 2.75) is 26.7 Å². The lowest BCUT2D eigenvalue weighted by Crippen LogP contribution is -2.37. The van der Waals surface area contributed by atoms with Gasteiger partial charge in [-0.2, -0.15) is 0 Å². The third-order valence-electron chi connectivity index (χ3n) is 2.93. The highest BCUT2D eigenvalue weighted by Gasteiger charge is 2.21. The Bertz CT molecular complexity index is 363. The van der Waals surface area contributed by atoms with Gasteiger partial charge in [0.1, 0.15) is 0 Å². The van der Waals surface area contributed by atoms with Gasteiger partial charge < -0.3 is 10.6 Å². The van der Waals surface area contributed by atoms with E-state index in [0.29, 0.717) is 0 Å². The summed E-state index contributed by atoms with van der Waals surface area (Å²) in [6.07, 6.45) is 2.05. The average Bonchev–Trinajstić information content (AvgIpc) is 2.59. The standard InChI is InChI=1S/C11H17N3OS/c1-7-8(2)16-11(13-7)14-10(15)9-4-3-5-12-6-9/h9,12H,3-6H2,1-2H3,(H,13,14,15)/t9-/m1/s1. The van der Waals surface area contributed by atoms with E-state index >= 15 is 0 Å². The number of carbonyl (C=O) groups is 1. The van der Waals surface area contributed by atoms with Crippen LogP contribution < -0.4 is 10.6 Å². The number of hydrogen-bond donors (Lipinski definition) is 2. The lowest BCUT2D eigenvalue weighted by Gasteiger charge is -2.21. The molecule has 4 nitrogen and oxygen atoms in total. The van der Waals surface area contributed by atoms with E-state index in [1.54, 1.807) is 11.3 Å². The molecule has 88 valence electrons. The van der Waals surface area contributed by atoms with Crippen molar-refractivity contribution in [3.05, 3.63) is 10.6 Å². The van der Waals surface area contributed by atoms with Gasteiger partial charge in [0.15, 0.2) is 5.13 Å². The van der Waals surface area contributed by atoms with Crippen molar-refractivity contribution in [1.82, 2.24) is 10.3 Å². The number of thiazole rings is 1. The monoisotopic (exact) mass is 239 g/mol. The molecule has 1 amide bonds. The van der Waals surface area contributed by atoms with E-state index in [2.05, 4.69) is 15.6 Å². The van der Waals surface area contributed by atoms with Gasteiger partial charge in [0.2, 0.25) is 5.91 Å². The minimum Gasteiger partial charge on any atom is -0.316 e. The summed E-state index contributed by atoms with van der Waals surface area (Å²) in [5.41, 5.74) is 1.00. The minimum atomic E-state index is 0.0956. The van der Waals surface area contributed by atoms with Gasteiger partial charge in [0.25, 0.3) is 0 Å².